The largest absolute Gasteiger partial charge is 0.341 e. The third-order valence-corrected chi connectivity index (χ3v) is 7.65. The van der Waals surface area contributed by atoms with Gasteiger partial charge in [0.05, 0.1) is 5.69 Å². The molecule has 0 amide bonds. The highest BCUT2D eigenvalue weighted by atomic mass is 31.2. The van der Waals surface area contributed by atoms with E-state index in [1.165, 1.54) is 22.0 Å². The predicted octanol–water partition coefficient (Wildman–Crippen LogP) is 2.98. The number of rotatable bonds is 11. The first-order valence-corrected chi connectivity index (χ1v) is 12.0. The van der Waals surface area contributed by atoms with Crippen LogP contribution in [0.1, 0.15) is 52.1 Å². The molecule has 27 heavy (non-hydrogen) atoms. The van der Waals surface area contributed by atoms with Crippen molar-refractivity contribution in [1.82, 2.24) is 15.0 Å². The van der Waals surface area contributed by atoms with Gasteiger partial charge in [-0.1, -0.05) is 28.5 Å². The van der Waals surface area contributed by atoms with Gasteiger partial charge in [0.2, 0.25) is 0 Å². The van der Waals surface area contributed by atoms with E-state index in [9.17, 15) is 9.13 Å². The number of allylic oxidation sites excluding steroid dienone is 4. The van der Waals surface area contributed by atoms with Crippen LogP contribution in [0.4, 0.5) is 0 Å². The maximum absolute atomic E-state index is 11.3. The molecule has 0 saturated carbocycles. The first-order valence-electron chi connectivity index (χ1n) is 8.68. The molecule has 1 rings (SSSR count). The Labute approximate surface area is 159 Å². The van der Waals surface area contributed by atoms with Gasteiger partial charge in [0.1, 0.15) is 0 Å². The summed E-state index contributed by atoms with van der Waals surface area (Å²) in [5, 5.41) is 5.51. The molecule has 0 atom stereocenters. The highest BCUT2D eigenvalue weighted by Gasteiger charge is 2.43. The van der Waals surface area contributed by atoms with Crippen molar-refractivity contribution in [3.63, 3.8) is 0 Å². The Morgan fingerprint density at radius 2 is 1.74 bits per heavy atom. The molecule has 0 aliphatic carbocycles. The molecule has 9 nitrogen and oxygen atoms in total. The molecule has 0 spiro atoms. The summed E-state index contributed by atoms with van der Waals surface area (Å²) in [6, 6.07) is 0. The number of unbranched alkanes of at least 4 members (excludes halogenated alkanes) is 1. The summed E-state index contributed by atoms with van der Waals surface area (Å²) in [5.41, 5.74) is 2.77. The van der Waals surface area contributed by atoms with Gasteiger partial charge in [-0.25, -0.2) is 0 Å². The highest BCUT2D eigenvalue weighted by Crippen LogP contribution is 2.60. The van der Waals surface area contributed by atoms with Crippen LogP contribution in [0.15, 0.2) is 29.5 Å². The molecule has 1 aromatic rings. The number of aryl methyl sites for hydroxylation is 1. The summed E-state index contributed by atoms with van der Waals surface area (Å²) in [6.45, 7) is 6.80. The van der Waals surface area contributed by atoms with Gasteiger partial charge >= 0.3 is 15.2 Å². The predicted molar refractivity (Wildman–Crippen MR) is 103 cm³/mol. The van der Waals surface area contributed by atoms with E-state index >= 15 is 0 Å². The zero-order chi connectivity index (χ0) is 20.7. The van der Waals surface area contributed by atoms with Crippen LogP contribution in [0.25, 0.3) is 0 Å². The summed E-state index contributed by atoms with van der Waals surface area (Å²) in [4.78, 5) is 36.6. The van der Waals surface area contributed by atoms with Crippen LogP contribution >= 0.6 is 15.2 Å². The van der Waals surface area contributed by atoms with Crippen molar-refractivity contribution >= 4 is 15.2 Å². The zero-order valence-corrected chi connectivity index (χ0v) is 17.7. The minimum Gasteiger partial charge on any atom is -0.324 e. The Morgan fingerprint density at radius 1 is 1.11 bits per heavy atom. The quantitative estimate of drug-likeness (QED) is 0.242. The van der Waals surface area contributed by atoms with Crippen LogP contribution in [0.5, 0.6) is 0 Å². The molecular formula is C16H29N3O6P2. The fourth-order valence-electron chi connectivity index (χ4n) is 2.45. The number of nitrogens with zero attached hydrogens (tertiary/aromatic N) is 3. The SMILES string of the molecule is CC(C)=CCC/C(C)=C\CCCn1cc(CC(P(=O)(O)O)P(=O)(O)O)nn1. The first-order chi connectivity index (χ1) is 12.4. The van der Waals surface area contributed by atoms with Crippen molar-refractivity contribution in [2.45, 2.75) is 64.8 Å². The van der Waals surface area contributed by atoms with Gasteiger partial charge in [0.15, 0.2) is 5.40 Å². The zero-order valence-electron chi connectivity index (χ0n) is 15.9. The third-order valence-electron chi connectivity index (χ3n) is 3.93. The molecule has 0 saturated heterocycles. The van der Waals surface area contributed by atoms with Crippen LogP contribution < -0.4 is 0 Å². The van der Waals surface area contributed by atoms with E-state index in [0.29, 0.717) is 6.54 Å². The standard InChI is InChI=1S/C16H29N3O6P2/c1-13(2)7-6-9-14(3)8-4-5-10-19-12-15(17-18-19)11-16(26(20,21)22)27(23,24)25/h7-8,12,16H,4-6,9-11H2,1-3H3,(H2,20,21,22)(H2,23,24,25)/b14-8-. The van der Waals surface area contributed by atoms with Gasteiger partial charge in [-0.2, -0.15) is 0 Å². The fourth-order valence-corrected chi connectivity index (χ4v) is 4.87. The lowest BCUT2D eigenvalue weighted by Crippen LogP contribution is -2.13. The van der Waals surface area contributed by atoms with Crippen LogP contribution in [0.2, 0.25) is 0 Å². The molecule has 0 bridgehead atoms. The second-order valence-electron chi connectivity index (χ2n) is 6.85. The van der Waals surface area contributed by atoms with Crippen molar-refractivity contribution in [3.8, 4) is 0 Å². The lowest BCUT2D eigenvalue weighted by molar-refractivity contribution is 0.337. The molecule has 1 aromatic heterocycles. The third kappa shape index (κ3) is 9.60. The first kappa shape index (κ1) is 24.0. The van der Waals surface area contributed by atoms with Gasteiger partial charge < -0.3 is 19.6 Å². The average molecular weight is 421 g/mol. The van der Waals surface area contributed by atoms with Crippen molar-refractivity contribution in [2.75, 3.05) is 0 Å². The van der Waals surface area contributed by atoms with E-state index in [0.717, 1.165) is 25.7 Å². The van der Waals surface area contributed by atoms with Gasteiger partial charge in [-0.3, -0.25) is 13.8 Å². The summed E-state index contributed by atoms with van der Waals surface area (Å²) < 4.78 is 24.1. The van der Waals surface area contributed by atoms with E-state index in [-0.39, 0.29) is 5.69 Å². The molecule has 11 heteroatoms. The van der Waals surface area contributed by atoms with Gasteiger partial charge in [-0.15, -0.1) is 5.10 Å². The average Bonchev–Trinajstić information content (AvgIpc) is 2.94. The Bertz CT molecular complexity index is 736. The van der Waals surface area contributed by atoms with E-state index in [1.807, 2.05) is 0 Å². The van der Waals surface area contributed by atoms with E-state index in [4.69, 9.17) is 19.6 Å². The molecule has 0 unspecified atom stereocenters. The molecule has 0 radical (unpaired) electrons. The fraction of sp³-hybridized carbons (Fsp3) is 0.625. The second kappa shape index (κ2) is 10.5. The highest BCUT2D eigenvalue weighted by molar-refractivity contribution is 7.70. The normalized spacial score (nSPS) is 13.3. The second-order valence-corrected chi connectivity index (χ2v) is 10.9. The summed E-state index contributed by atoms with van der Waals surface area (Å²) in [5.74, 6) is 0. The van der Waals surface area contributed by atoms with Crippen LogP contribution in [0, 0.1) is 0 Å². The minimum atomic E-state index is -4.96. The van der Waals surface area contributed by atoms with Crippen molar-refractivity contribution in [1.29, 1.82) is 0 Å². The van der Waals surface area contributed by atoms with E-state index in [2.05, 4.69) is 43.2 Å². The molecular weight excluding hydrogens is 392 g/mol. The van der Waals surface area contributed by atoms with Crippen LogP contribution in [0.3, 0.4) is 0 Å². The lowest BCUT2D eigenvalue weighted by Gasteiger charge is -2.18. The van der Waals surface area contributed by atoms with Gasteiger partial charge in [0, 0.05) is 19.2 Å². The molecule has 0 aromatic carbocycles. The van der Waals surface area contributed by atoms with Gasteiger partial charge in [0.25, 0.3) is 0 Å². The lowest BCUT2D eigenvalue weighted by atomic mass is 10.1. The maximum Gasteiger partial charge on any atom is 0.341 e. The topological polar surface area (TPSA) is 146 Å². The molecule has 0 aliphatic rings. The molecule has 154 valence electrons. The molecule has 0 aliphatic heterocycles. The monoisotopic (exact) mass is 421 g/mol. The van der Waals surface area contributed by atoms with Gasteiger partial charge in [-0.05, 0) is 46.5 Å². The van der Waals surface area contributed by atoms with Crippen molar-refractivity contribution in [2.24, 2.45) is 0 Å². The van der Waals surface area contributed by atoms with E-state index in [1.54, 1.807) is 0 Å². The van der Waals surface area contributed by atoms with Crippen LogP contribution in [-0.2, 0) is 22.1 Å². The number of aromatic nitrogens is 3. The molecule has 0 fully saturated rings. The molecule has 4 N–H and O–H groups in total. The maximum atomic E-state index is 11.3. The summed E-state index contributed by atoms with van der Waals surface area (Å²) in [6.07, 6.45) is 9.03. The van der Waals surface area contributed by atoms with E-state index < -0.39 is 27.0 Å². The Kier molecular flexibility index (Phi) is 9.28. The van der Waals surface area contributed by atoms with Crippen molar-refractivity contribution in [3.05, 3.63) is 35.2 Å². The Balaban J connectivity index is 2.52. The summed E-state index contributed by atoms with van der Waals surface area (Å²) in [7, 11) is -9.92. The molecule has 1 heterocycles. The van der Waals surface area contributed by atoms with Crippen molar-refractivity contribution < 1.29 is 28.7 Å². The number of hydrogen-bond acceptors (Lipinski definition) is 4. The minimum absolute atomic E-state index is 0.139. The van der Waals surface area contributed by atoms with Crippen LogP contribution in [-0.4, -0.2) is 40.0 Å². The smallest absolute Gasteiger partial charge is 0.324 e. The Morgan fingerprint density at radius 3 is 2.30 bits per heavy atom. The Hall–Kier alpha value is -1.08. The summed E-state index contributed by atoms with van der Waals surface area (Å²) >= 11 is 0. The number of hydrogen-bond donors (Lipinski definition) is 4.